The summed E-state index contributed by atoms with van der Waals surface area (Å²) in [7, 11) is 0. The number of carbonyl (C=O) groups excluding carboxylic acids is 2. The van der Waals surface area contributed by atoms with Crippen LogP contribution in [0.4, 0.5) is 4.79 Å². The van der Waals surface area contributed by atoms with Gasteiger partial charge in [-0.3, -0.25) is 4.79 Å². The molecule has 0 heterocycles. The van der Waals surface area contributed by atoms with Gasteiger partial charge in [-0.2, -0.15) is 0 Å². The van der Waals surface area contributed by atoms with Crippen molar-refractivity contribution in [3.05, 3.63) is 197 Å². The number of amides is 1. The van der Waals surface area contributed by atoms with Gasteiger partial charge < -0.3 is 19.8 Å². The number of ether oxygens (including phenoxy) is 1. The highest BCUT2D eigenvalue weighted by Crippen LogP contribution is 2.59. The molecule has 0 aromatic heterocycles. The molecule has 0 aliphatic heterocycles. The van der Waals surface area contributed by atoms with Crippen molar-refractivity contribution in [1.29, 1.82) is 0 Å². The molecule has 10 rings (SSSR count). The minimum absolute atomic E-state index is 0.0346. The Labute approximate surface area is 370 Å². The molecule has 4 atom stereocenters. The highest BCUT2D eigenvalue weighted by atomic mass is 16.6. The van der Waals surface area contributed by atoms with Crippen molar-refractivity contribution < 1.29 is 24.5 Å². The lowest BCUT2D eigenvalue weighted by molar-refractivity contribution is -0.0801. The maximum absolute atomic E-state index is 14.8. The number of fused-ring (bicyclic) bond motifs is 10. The van der Waals surface area contributed by atoms with Crippen molar-refractivity contribution in [3.8, 4) is 16.9 Å². The molecule has 1 fully saturated rings. The molecule has 6 nitrogen and oxygen atoms in total. The monoisotopic (exact) mass is 833 g/mol. The first-order valence-electron chi connectivity index (χ1n) is 22.4. The van der Waals surface area contributed by atoms with Gasteiger partial charge in [0.2, 0.25) is 0 Å². The van der Waals surface area contributed by atoms with E-state index in [4.69, 9.17) is 4.74 Å². The summed E-state index contributed by atoms with van der Waals surface area (Å²) >= 11 is 0. The molecule has 3 aliphatic carbocycles. The summed E-state index contributed by atoms with van der Waals surface area (Å²) in [5.41, 5.74) is 5.13. The van der Waals surface area contributed by atoms with E-state index in [0.29, 0.717) is 55.4 Å². The molecule has 2 N–H and O–H groups in total. The van der Waals surface area contributed by atoms with Crippen LogP contribution in [0.15, 0.2) is 169 Å². The number of allylic oxidation sites excluding steroid dienone is 2. The van der Waals surface area contributed by atoms with E-state index in [-0.39, 0.29) is 24.8 Å². The molecular formula is C57H55NO5. The molecule has 1 saturated carbocycles. The zero-order valence-electron chi connectivity index (χ0n) is 36.2. The predicted molar refractivity (Wildman–Crippen MR) is 253 cm³/mol. The van der Waals surface area contributed by atoms with E-state index in [1.165, 1.54) is 5.57 Å². The fraction of sp³-hybridized carbons (Fsp3) is 0.263. The average Bonchev–Trinajstić information content (AvgIpc) is 3.56. The summed E-state index contributed by atoms with van der Waals surface area (Å²) in [4.78, 5) is 31.2. The van der Waals surface area contributed by atoms with Crippen LogP contribution in [0, 0.1) is 5.41 Å². The molecule has 63 heavy (non-hydrogen) atoms. The predicted octanol–water partition coefficient (Wildman–Crippen LogP) is 12.6. The maximum Gasteiger partial charge on any atom is 0.415 e. The number of ketones is 1. The van der Waals surface area contributed by atoms with Gasteiger partial charge in [-0.05, 0) is 125 Å². The molecule has 0 radical (unpaired) electrons. The van der Waals surface area contributed by atoms with Crippen molar-refractivity contribution in [3.63, 3.8) is 0 Å². The van der Waals surface area contributed by atoms with Crippen LogP contribution in [0.2, 0.25) is 0 Å². The Bertz CT molecular complexity index is 2810. The first-order valence-corrected chi connectivity index (χ1v) is 22.4. The van der Waals surface area contributed by atoms with Crippen molar-refractivity contribution in [2.24, 2.45) is 5.41 Å². The number of nitrogens with zero attached hydrogens (tertiary/aromatic N) is 1. The van der Waals surface area contributed by atoms with Crippen LogP contribution in [0.25, 0.3) is 32.7 Å². The van der Waals surface area contributed by atoms with Gasteiger partial charge in [0.25, 0.3) is 0 Å². The Kier molecular flexibility index (Phi) is 11.9. The summed E-state index contributed by atoms with van der Waals surface area (Å²) in [6.07, 6.45) is 5.33. The third-order valence-corrected chi connectivity index (χ3v) is 14.0. The number of carbonyl (C=O) groups is 2. The third-order valence-electron chi connectivity index (χ3n) is 14.0. The Balaban J connectivity index is 1.11. The van der Waals surface area contributed by atoms with Crippen molar-refractivity contribution in [2.45, 2.75) is 83.0 Å². The highest BCUT2D eigenvalue weighted by Gasteiger charge is 2.58. The van der Waals surface area contributed by atoms with Crippen LogP contribution >= 0.6 is 0 Å². The van der Waals surface area contributed by atoms with E-state index in [9.17, 15) is 19.8 Å². The topological polar surface area (TPSA) is 87.1 Å². The van der Waals surface area contributed by atoms with Crippen LogP contribution in [-0.2, 0) is 13.0 Å². The fourth-order valence-electron chi connectivity index (χ4n) is 10.3. The van der Waals surface area contributed by atoms with Gasteiger partial charge in [-0.25, -0.2) is 4.79 Å². The highest BCUT2D eigenvalue weighted by molar-refractivity contribution is 6.10. The largest absolute Gasteiger partial charge is 0.415 e. The normalized spacial score (nSPS) is 21.4. The van der Waals surface area contributed by atoms with Crippen molar-refractivity contribution in [2.75, 3.05) is 6.54 Å². The van der Waals surface area contributed by atoms with Gasteiger partial charge in [0.1, 0.15) is 5.75 Å². The molecular weight excluding hydrogens is 779 g/mol. The first kappa shape index (κ1) is 42.0. The summed E-state index contributed by atoms with van der Waals surface area (Å²) in [5, 5.41) is 28.7. The van der Waals surface area contributed by atoms with Crippen LogP contribution in [0.5, 0.6) is 5.75 Å². The Morgan fingerprint density at radius 3 is 2.25 bits per heavy atom. The van der Waals surface area contributed by atoms with E-state index in [0.717, 1.165) is 55.8 Å². The van der Waals surface area contributed by atoms with Crippen molar-refractivity contribution >= 4 is 33.4 Å². The summed E-state index contributed by atoms with van der Waals surface area (Å²) in [5.74, 6) is 0.141. The average molecular weight is 834 g/mol. The van der Waals surface area contributed by atoms with Gasteiger partial charge in [-0.1, -0.05) is 158 Å². The number of aliphatic hydroxyl groups excluding tert-OH is 1. The second-order valence-electron chi connectivity index (χ2n) is 18.1. The molecule has 0 saturated heterocycles. The van der Waals surface area contributed by atoms with E-state index >= 15 is 0 Å². The number of aliphatic hydroxyl groups is 2. The zero-order chi connectivity index (χ0) is 43.6. The molecule has 318 valence electrons. The standard InChI is InChI=1S/C57H55NO5/c1-39-12-11-32-56(2)53(51-30-22-40(34-48(59)28-21-39)35-52(51)54(60)45-25-23-43(24-26-45)41-13-4-3-5-14-41)31-33-57(56,62)38-58(37-47-19-10-18-44-16-8-9-20-50(44)47)55(61)63-49-29-27-42-15-6-7-17-46(42)36-49/h3-10,12-20,22-27,29-30,35-36,48,53,59,62H,11,21,28,31-34,37-38H2,1-2H3. The molecule has 2 bridgehead atoms. The van der Waals surface area contributed by atoms with Crippen LogP contribution in [0.3, 0.4) is 0 Å². The molecule has 4 unspecified atom stereocenters. The van der Waals surface area contributed by atoms with Gasteiger partial charge in [0.15, 0.2) is 5.78 Å². The molecule has 7 aromatic rings. The van der Waals surface area contributed by atoms with E-state index in [1.807, 2.05) is 121 Å². The first-order chi connectivity index (χ1) is 30.6. The zero-order valence-corrected chi connectivity index (χ0v) is 36.2. The minimum atomic E-state index is -1.35. The Morgan fingerprint density at radius 2 is 1.44 bits per heavy atom. The second kappa shape index (κ2) is 17.8. The quantitative estimate of drug-likeness (QED) is 0.118. The summed E-state index contributed by atoms with van der Waals surface area (Å²) in [6.45, 7) is 4.54. The lowest BCUT2D eigenvalue weighted by Crippen LogP contribution is -2.54. The number of hydrogen-bond donors (Lipinski definition) is 2. The van der Waals surface area contributed by atoms with Crippen LogP contribution in [-0.4, -0.2) is 45.2 Å². The lowest BCUT2D eigenvalue weighted by atomic mass is 9.64. The molecule has 1 amide bonds. The maximum atomic E-state index is 14.8. The van der Waals surface area contributed by atoms with Crippen LogP contribution in [0.1, 0.15) is 90.9 Å². The van der Waals surface area contributed by atoms with E-state index in [2.05, 4.69) is 56.3 Å². The minimum Gasteiger partial charge on any atom is -0.410 e. The van der Waals surface area contributed by atoms with Crippen LogP contribution < -0.4 is 4.74 Å². The number of rotatable bonds is 8. The fourth-order valence-corrected chi connectivity index (χ4v) is 10.3. The molecule has 7 aromatic carbocycles. The second-order valence-corrected chi connectivity index (χ2v) is 18.1. The molecule has 6 heteroatoms. The van der Waals surface area contributed by atoms with E-state index < -0.39 is 23.2 Å². The summed E-state index contributed by atoms with van der Waals surface area (Å²) < 4.78 is 6.21. The third kappa shape index (κ3) is 8.71. The van der Waals surface area contributed by atoms with Gasteiger partial charge in [0.05, 0.1) is 18.2 Å². The number of benzene rings is 7. The Hall–Kier alpha value is -6.34. The SMILES string of the molecule is CC1=CCCC2(C)C(CCC2(O)CN(Cc2cccc3ccccc23)C(=O)Oc2ccc3ccccc3c2)c2ccc(cc2C(=O)c2ccc(-c3ccccc3)cc2)CC(O)CC1. The Morgan fingerprint density at radius 1 is 0.730 bits per heavy atom. The molecule has 0 spiro atoms. The number of hydrogen-bond acceptors (Lipinski definition) is 5. The summed E-state index contributed by atoms with van der Waals surface area (Å²) in [6, 6.07) is 51.9. The lowest BCUT2D eigenvalue weighted by Gasteiger charge is -2.46. The van der Waals surface area contributed by atoms with Gasteiger partial charge in [0, 0.05) is 23.1 Å². The van der Waals surface area contributed by atoms with Gasteiger partial charge in [-0.15, -0.1) is 0 Å². The van der Waals surface area contributed by atoms with E-state index in [1.54, 1.807) is 4.90 Å². The molecule has 3 aliphatic rings. The van der Waals surface area contributed by atoms with Gasteiger partial charge >= 0.3 is 6.09 Å². The smallest absolute Gasteiger partial charge is 0.410 e. The van der Waals surface area contributed by atoms with Crippen molar-refractivity contribution in [1.82, 2.24) is 4.90 Å².